The van der Waals surface area contributed by atoms with Crippen LogP contribution in [0, 0.1) is 13.8 Å². The molecule has 9 heteroatoms. The Bertz CT molecular complexity index is 1220. The number of benzene rings is 2. The van der Waals surface area contributed by atoms with E-state index in [-0.39, 0.29) is 5.54 Å². The van der Waals surface area contributed by atoms with E-state index in [0.717, 1.165) is 46.2 Å². The highest BCUT2D eigenvalue weighted by Crippen LogP contribution is 2.25. The lowest BCUT2D eigenvalue weighted by Gasteiger charge is -2.20. The van der Waals surface area contributed by atoms with Crippen LogP contribution in [0.4, 0.5) is 28.8 Å². The summed E-state index contributed by atoms with van der Waals surface area (Å²) in [6.07, 6.45) is 3.65. The topological polar surface area (TPSA) is 94.5 Å². The molecule has 0 fully saturated rings. The molecule has 1 aliphatic heterocycles. The van der Waals surface area contributed by atoms with Crippen molar-refractivity contribution < 1.29 is 4.21 Å². The molecule has 1 aliphatic rings. The lowest BCUT2D eigenvalue weighted by atomic mass is 10.1. The Morgan fingerprint density at radius 2 is 1.71 bits per heavy atom. The Morgan fingerprint density at radius 1 is 0.971 bits per heavy atom. The lowest BCUT2D eigenvalue weighted by Crippen LogP contribution is -2.37. The normalized spacial score (nSPS) is 14.3. The zero-order valence-electron chi connectivity index (χ0n) is 20.2. The number of aryl methyl sites for hydroxylation is 2. The summed E-state index contributed by atoms with van der Waals surface area (Å²) in [5.74, 6) is 1.18. The minimum atomic E-state index is -1.32. The maximum atomic E-state index is 12.8. The maximum absolute atomic E-state index is 12.8. The van der Waals surface area contributed by atoms with Crippen LogP contribution in [0.3, 0.4) is 0 Å². The van der Waals surface area contributed by atoms with E-state index in [0.29, 0.717) is 11.8 Å². The molecule has 3 N–H and O–H groups in total. The molecule has 0 radical (unpaired) electrons. The average molecular weight is 478 g/mol. The van der Waals surface area contributed by atoms with Crippen LogP contribution in [-0.2, 0) is 11.0 Å². The van der Waals surface area contributed by atoms with Crippen molar-refractivity contribution in [2.45, 2.75) is 45.1 Å². The first-order valence-electron chi connectivity index (χ1n) is 11.2. The predicted molar refractivity (Wildman–Crippen MR) is 141 cm³/mol. The first kappa shape index (κ1) is 23.8. The van der Waals surface area contributed by atoms with Crippen LogP contribution in [0.1, 0.15) is 31.9 Å². The van der Waals surface area contributed by atoms with E-state index in [1.807, 2.05) is 83.4 Å². The summed E-state index contributed by atoms with van der Waals surface area (Å²) in [7, 11) is -1.32. The number of nitrogens with one attached hydrogen (secondary N) is 3. The summed E-state index contributed by atoms with van der Waals surface area (Å²) in [6.45, 7) is 11.6. The molecule has 8 nitrogen and oxygen atoms in total. The van der Waals surface area contributed by atoms with Gasteiger partial charge in [-0.15, -0.1) is 0 Å². The van der Waals surface area contributed by atoms with Gasteiger partial charge in [0.05, 0.1) is 17.8 Å². The van der Waals surface area contributed by atoms with Crippen LogP contribution in [0.15, 0.2) is 58.5 Å². The van der Waals surface area contributed by atoms with Gasteiger partial charge in [0.1, 0.15) is 16.8 Å². The molecule has 1 aromatic heterocycles. The van der Waals surface area contributed by atoms with Gasteiger partial charge in [0.2, 0.25) is 5.95 Å². The van der Waals surface area contributed by atoms with E-state index in [1.165, 1.54) is 0 Å². The largest absolute Gasteiger partial charge is 0.340 e. The molecule has 0 bridgehead atoms. The van der Waals surface area contributed by atoms with Crippen molar-refractivity contribution in [1.82, 2.24) is 14.7 Å². The van der Waals surface area contributed by atoms with Crippen molar-refractivity contribution in [1.29, 1.82) is 0 Å². The SMILES string of the molecule is Cc1ccc(Nc2nc(Nc3ccc(N4C=NCC4)cc3)ncc2C)cc1S(=O)NC(C)(C)C. The van der Waals surface area contributed by atoms with Gasteiger partial charge >= 0.3 is 0 Å². The number of hydrogen-bond donors (Lipinski definition) is 3. The second-order valence-corrected chi connectivity index (χ2v) is 10.5. The van der Waals surface area contributed by atoms with Gasteiger partial charge in [0.15, 0.2) is 0 Å². The van der Waals surface area contributed by atoms with Gasteiger partial charge in [0.25, 0.3) is 0 Å². The molecular formula is C25H31N7OS. The Kier molecular flexibility index (Phi) is 6.95. The molecule has 178 valence electrons. The fourth-order valence-electron chi connectivity index (χ4n) is 3.42. The third kappa shape index (κ3) is 5.98. The molecule has 0 spiro atoms. The van der Waals surface area contributed by atoms with Crippen molar-refractivity contribution in [2.24, 2.45) is 4.99 Å². The molecule has 0 aliphatic carbocycles. The first-order chi connectivity index (χ1) is 16.2. The number of hydrogen-bond acceptors (Lipinski definition) is 7. The molecule has 0 saturated heterocycles. The Labute approximate surface area is 203 Å². The zero-order valence-corrected chi connectivity index (χ0v) is 21.0. The maximum Gasteiger partial charge on any atom is 0.229 e. The average Bonchev–Trinajstić information content (AvgIpc) is 3.31. The Morgan fingerprint density at radius 3 is 2.38 bits per heavy atom. The quantitative estimate of drug-likeness (QED) is 0.451. The molecule has 34 heavy (non-hydrogen) atoms. The second-order valence-electron chi connectivity index (χ2n) is 9.34. The van der Waals surface area contributed by atoms with Gasteiger partial charge in [-0.2, -0.15) is 4.98 Å². The van der Waals surface area contributed by atoms with Gasteiger partial charge in [-0.25, -0.2) is 13.9 Å². The third-order valence-electron chi connectivity index (χ3n) is 5.17. The van der Waals surface area contributed by atoms with Gasteiger partial charge in [-0.3, -0.25) is 4.99 Å². The summed E-state index contributed by atoms with van der Waals surface area (Å²) in [5.41, 5.74) is 4.43. The number of aromatic nitrogens is 2. The highest BCUT2D eigenvalue weighted by atomic mass is 32.2. The Hall–Kier alpha value is -3.30. The summed E-state index contributed by atoms with van der Waals surface area (Å²) in [5, 5.41) is 6.62. The van der Waals surface area contributed by atoms with Crippen LogP contribution in [-0.4, -0.2) is 39.1 Å². The van der Waals surface area contributed by atoms with Crippen molar-refractivity contribution in [3.05, 3.63) is 59.8 Å². The summed E-state index contributed by atoms with van der Waals surface area (Å²) >= 11 is 0. The minimum absolute atomic E-state index is 0.259. The molecule has 0 amide bonds. The molecule has 1 atom stereocenters. The molecule has 2 aromatic carbocycles. The van der Waals surface area contributed by atoms with Crippen LogP contribution >= 0.6 is 0 Å². The van der Waals surface area contributed by atoms with Crippen LogP contribution in [0.25, 0.3) is 0 Å². The van der Waals surface area contributed by atoms with Crippen LogP contribution in [0.5, 0.6) is 0 Å². The monoisotopic (exact) mass is 477 g/mol. The van der Waals surface area contributed by atoms with E-state index in [4.69, 9.17) is 0 Å². The molecule has 1 unspecified atom stereocenters. The molecule has 0 saturated carbocycles. The van der Waals surface area contributed by atoms with Crippen molar-refractivity contribution in [3.8, 4) is 0 Å². The van der Waals surface area contributed by atoms with E-state index in [9.17, 15) is 4.21 Å². The highest BCUT2D eigenvalue weighted by Gasteiger charge is 2.17. The van der Waals surface area contributed by atoms with Crippen molar-refractivity contribution in [3.63, 3.8) is 0 Å². The standard InChI is InChI=1S/C25H31N7OS/c1-17-6-7-20(14-22(17)34(33)31-25(3,4)5)28-23-18(2)15-27-24(30-23)29-19-8-10-21(11-9-19)32-13-12-26-16-32/h6-11,14-16,31H,12-13H2,1-5H3,(H2,27,28,29,30). The molecular weight excluding hydrogens is 446 g/mol. The van der Waals surface area contributed by atoms with Gasteiger partial charge < -0.3 is 15.5 Å². The van der Waals surface area contributed by atoms with Crippen LogP contribution in [0.2, 0.25) is 0 Å². The molecule has 3 aromatic rings. The molecule has 4 rings (SSSR count). The fraction of sp³-hybridized carbons (Fsp3) is 0.320. The fourth-order valence-corrected chi connectivity index (χ4v) is 4.68. The number of aliphatic imine (C=N–C) groups is 1. The third-order valence-corrected chi connectivity index (χ3v) is 6.80. The van der Waals surface area contributed by atoms with E-state index in [2.05, 4.69) is 35.2 Å². The van der Waals surface area contributed by atoms with Gasteiger partial charge in [-0.05, 0) is 76.6 Å². The van der Waals surface area contributed by atoms with Crippen LogP contribution < -0.4 is 20.3 Å². The second kappa shape index (κ2) is 9.90. The van der Waals surface area contributed by atoms with E-state index in [1.54, 1.807) is 6.20 Å². The molecule has 2 heterocycles. The summed E-state index contributed by atoms with van der Waals surface area (Å²) in [4.78, 5) is 16.2. The van der Waals surface area contributed by atoms with E-state index < -0.39 is 11.0 Å². The van der Waals surface area contributed by atoms with E-state index >= 15 is 0 Å². The summed E-state index contributed by atoms with van der Waals surface area (Å²) < 4.78 is 16.0. The number of anilines is 5. The summed E-state index contributed by atoms with van der Waals surface area (Å²) in [6, 6.07) is 13.9. The van der Waals surface area contributed by atoms with Gasteiger partial charge in [0, 0.05) is 40.9 Å². The predicted octanol–water partition coefficient (Wildman–Crippen LogP) is 4.84. The van der Waals surface area contributed by atoms with Crippen molar-refractivity contribution in [2.75, 3.05) is 28.6 Å². The van der Waals surface area contributed by atoms with Crippen molar-refractivity contribution >= 4 is 46.2 Å². The number of rotatable bonds is 7. The number of nitrogens with zero attached hydrogens (tertiary/aromatic N) is 4. The smallest absolute Gasteiger partial charge is 0.229 e. The van der Waals surface area contributed by atoms with Gasteiger partial charge in [-0.1, -0.05) is 6.07 Å². The lowest BCUT2D eigenvalue weighted by molar-refractivity contribution is 0.519. The zero-order chi connectivity index (χ0) is 24.3. The highest BCUT2D eigenvalue weighted by molar-refractivity contribution is 7.83. The minimum Gasteiger partial charge on any atom is -0.340 e. The Balaban J connectivity index is 1.50. The first-order valence-corrected chi connectivity index (χ1v) is 12.4.